The van der Waals surface area contributed by atoms with Gasteiger partial charge in [0.1, 0.15) is 12.0 Å². The van der Waals surface area contributed by atoms with Gasteiger partial charge in [-0.1, -0.05) is 54.6 Å². The number of anilines is 2. The molecule has 4 aromatic rings. The molecule has 196 valence electrons. The predicted molar refractivity (Wildman–Crippen MR) is 143 cm³/mol. The summed E-state index contributed by atoms with van der Waals surface area (Å²) in [5, 5.41) is 15.3. The van der Waals surface area contributed by atoms with Crippen LogP contribution in [0.4, 0.5) is 17.1 Å². The number of nitro groups is 1. The first kappa shape index (κ1) is 24.4. The number of para-hydroxylation sites is 1. The number of rotatable bonds is 6. The smallest absolute Gasteiger partial charge is 0.278 e. The summed E-state index contributed by atoms with van der Waals surface area (Å²) >= 11 is 0. The van der Waals surface area contributed by atoms with E-state index in [1.165, 1.54) is 31.4 Å². The highest BCUT2D eigenvalue weighted by molar-refractivity contribution is 6.26. The van der Waals surface area contributed by atoms with Gasteiger partial charge in [0.05, 0.1) is 42.1 Å². The summed E-state index contributed by atoms with van der Waals surface area (Å²) in [5.41, 5.74) is 0.854. The van der Waals surface area contributed by atoms with E-state index in [9.17, 15) is 19.7 Å². The van der Waals surface area contributed by atoms with Crippen molar-refractivity contribution in [1.29, 1.82) is 0 Å². The molecular weight excluding hydrogens is 502 g/mol. The Morgan fingerprint density at radius 3 is 2.23 bits per heavy atom. The van der Waals surface area contributed by atoms with Crippen molar-refractivity contribution in [3.8, 4) is 11.5 Å². The van der Waals surface area contributed by atoms with Gasteiger partial charge in [0, 0.05) is 5.39 Å². The molecule has 2 aliphatic rings. The maximum Gasteiger partial charge on any atom is 0.278 e. The number of benzene rings is 4. The van der Waals surface area contributed by atoms with Crippen LogP contribution < -0.4 is 19.4 Å². The maximum absolute atomic E-state index is 14.1. The third-order valence-electron chi connectivity index (χ3n) is 7.18. The summed E-state index contributed by atoms with van der Waals surface area (Å²) < 4.78 is 10.7. The van der Waals surface area contributed by atoms with E-state index in [1.54, 1.807) is 36.4 Å². The molecular formula is C29H23N3O7. The highest BCUT2D eigenvalue weighted by atomic mass is 16.7. The van der Waals surface area contributed by atoms with Crippen LogP contribution in [0.5, 0.6) is 11.5 Å². The van der Waals surface area contributed by atoms with Gasteiger partial charge >= 0.3 is 0 Å². The van der Waals surface area contributed by atoms with Gasteiger partial charge < -0.3 is 9.47 Å². The van der Waals surface area contributed by atoms with Gasteiger partial charge in [-0.25, -0.2) is 9.96 Å². The van der Waals surface area contributed by atoms with Crippen molar-refractivity contribution in [3.63, 3.8) is 0 Å². The summed E-state index contributed by atoms with van der Waals surface area (Å²) in [5.74, 6) is -1.69. The lowest BCUT2D eigenvalue weighted by atomic mass is 9.89. The Hall–Kier alpha value is -4.96. The molecule has 2 aliphatic heterocycles. The van der Waals surface area contributed by atoms with Gasteiger partial charge in [0.2, 0.25) is 5.91 Å². The van der Waals surface area contributed by atoms with Crippen LogP contribution in [-0.2, 0) is 14.4 Å². The number of hydrogen-bond donors (Lipinski definition) is 0. The molecule has 0 N–H and O–H groups in total. The molecule has 0 unspecified atom stereocenters. The van der Waals surface area contributed by atoms with E-state index < -0.39 is 34.8 Å². The quantitative estimate of drug-likeness (QED) is 0.200. The fourth-order valence-electron chi connectivity index (χ4n) is 5.45. The summed E-state index contributed by atoms with van der Waals surface area (Å²) in [4.78, 5) is 47.0. The van der Waals surface area contributed by atoms with Crippen molar-refractivity contribution in [2.75, 3.05) is 24.2 Å². The van der Waals surface area contributed by atoms with E-state index >= 15 is 0 Å². The van der Waals surface area contributed by atoms with Crippen LogP contribution in [0.15, 0.2) is 84.9 Å². The summed E-state index contributed by atoms with van der Waals surface area (Å²) in [6, 6.07) is 23.4. The Labute approximate surface area is 223 Å². The Bertz CT molecular complexity index is 1620. The predicted octanol–water partition coefficient (Wildman–Crippen LogP) is 4.82. The number of nitrogens with zero attached hydrogens (tertiary/aromatic N) is 3. The van der Waals surface area contributed by atoms with Crippen molar-refractivity contribution in [2.45, 2.75) is 12.1 Å². The zero-order valence-corrected chi connectivity index (χ0v) is 21.0. The lowest BCUT2D eigenvalue weighted by Crippen LogP contribution is -2.37. The highest BCUT2D eigenvalue weighted by Gasteiger charge is 2.61. The Balaban J connectivity index is 1.53. The fourth-order valence-corrected chi connectivity index (χ4v) is 5.45. The lowest BCUT2D eigenvalue weighted by Gasteiger charge is -2.29. The molecule has 0 radical (unpaired) electrons. The number of imide groups is 1. The van der Waals surface area contributed by atoms with E-state index in [0.29, 0.717) is 11.4 Å². The molecule has 2 heterocycles. The van der Waals surface area contributed by atoms with E-state index in [-0.39, 0.29) is 22.7 Å². The van der Waals surface area contributed by atoms with Gasteiger partial charge in [-0.05, 0) is 29.7 Å². The number of fused-ring (bicyclic) bond motifs is 2. The van der Waals surface area contributed by atoms with Crippen molar-refractivity contribution in [1.82, 2.24) is 0 Å². The molecule has 0 saturated carbocycles. The van der Waals surface area contributed by atoms with Crippen LogP contribution in [0.1, 0.15) is 11.6 Å². The van der Waals surface area contributed by atoms with E-state index in [0.717, 1.165) is 15.7 Å². The zero-order chi connectivity index (χ0) is 27.3. The number of hydroxylamine groups is 1. The summed E-state index contributed by atoms with van der Waals surface area (Å²) in [6.07, 6.45) is -1.19. The average molecular weight is 526 g/mol. The Kier molecular flexibility index (Phi) is 5.88. The van der Waals surface area contributed by atoms with Gasteiger partial charge in [-0.2, -0.15) is 0 Å². The maximum atomic E-state index is 14.1. The van der Waals surface area contributed by atoms with E-state index in [2.05, 4.69) is 0 Å². The van der Waals surface area contributed by atoms with E-state index in [1.807, 2.05) is 36.4 Å². The Morgan fingerprint density at radius 2 is 1.51 bits per heavy atom. The van der Waals surface area contributed by atoms with Crippen LogP contribution in [0.25, 0.3) is 10.8 Å². The minimum Gasteiger partial charge on any atom is -0.493 e. The minimum absolute atomic E-state index is 0.162. The Morgan fingerprint density at radius 1 is 0.846 bits per heavy atom. The van der Waals surface area contributed by atoms with Crippen LogP contribution in [0.2, 0.25) is 0 Å². The van der Waals surface area contributed by atoms with Gasteiger partial charge in [-0.3, -0.25) is 24.5 Å². The van der Waals surface area contributed by atoms with Crippen molar-refractivity contribution < 1.29 is 28.8 Å². The van der Waals surface area contributed by atoms with Gasteiger partial charge in [0.25, 0.3) is 11.6 Å². The third kappa shape index (κ3) is 3.76. The molecule has 39 heavy (non-hydrogen) atoms. The molecule has 10 nitrogen and oxygen atoms in total. The number of carbonyl (C=O) groups excluding carboxylic acids is 2. The first-order valence-corrected chi connectivity index (χ1v) is 12.2. The van der Waals surface area contributed by atoms with Crippen LogP contribution in [-0.4, -0.2) is 37.1 Å². The number of amides is 2. The van der Waals surface area contributed by atoms with Crippen molar-refractivity contribution in [2.24, 2.45) is 5.92 Å². The van der Waals surface area contributed by atoms with Crippen LogP contribution in [0.3, 0.4) is 0 Å². The number of nitro benzene ring substituents is 1. The molecule has 2 amide bonds. The molecule has 0 bridgehead atoms. The molecule has 6 rings (SSSR count). The molecule has 10 heteroatoms. The van der Waals surface area contributed by atoms with Crippen molar-refractivity contribution in [3.05, 3.63) is 101 Å². The van der Waals surface area contributed by atoms with Crippen LogP contribution >= 0.6 is 0 Å². The second kappa shape index (κ2) is 9.41. The lowest BCUT2D eigenvalue weighted by molar-refractivity contribution is -0.385. The van der Waals surface area contributed by atoms with Gasteiger partial charge in [0.15, 0.2) is 17.6 Å². The number of carbonyl (C=O) groups is 2. The highest BCUT2D eigenvalue weighted by Crippen LogP contribution is 2.51. The summed E-state index contributed by atoms with van der Waals surface area (Å²) in [6.45, 7) is 0. The molecule has 0 spiro atoms. The van der Waals surface area contributed by atoms with E-state index in [4.69, 9.17) is 14.3 Å². The second-order valence-corrected chi connectivity index (χ2v) is 9.19. The first-order valence-electron chi connectivity index (χ1n) is 12.2. The molecule has 4 aromatic carbocycles. The third-order valence-corrected chi connectivity index (χ3v) is 7.18. The monoisotopic (exact) mass is 525 g/mol. The molecule has 0 aliphatic carbocycles. The molecule has 0 aromatic heterocycles. The SMILES string of the molecule is COc1cc([C@H]2[C@@H]3C(=O)N(c4cccc5ccccc45)C(=O)[C@H]3ON2c2ccccc2)c([N+](=O)[O-])cc1OC. The topological polar surface area (TPSA) is 111 Å². The zero-order valence-electron chi connectivity index (χ0n) is 21.0. The van der Waals surface area contributed by atoms with Crippen LogP contribution in [0, 0.1) is 16.0 Å². The first-order chi connectivity index (χ1) is 18.9. The molecule has 2 saturated heterocycles. The fraction of sp³-hybridized carbons (Fsp3) is 0.172. The standard InChI is InChI=1S/C29H23N3O7/c1-37-23-15-20(22(32(35)36)16-24(23)38-2)26-25-27(39-31(26)18-11-4-3-5-12-18)29(34)30(28(25)33)21-14-8-10-17-9-6-7-13-19(17)21/h3-16,25-27H,1-2H3/t25-,26-,27-/m0/s1. The second-order valence-electron chi connectivity index (χ2n) is 9.19. The summed E-state index contributed by atoms with van der Waals surface area (Å²) in [7, 11) is 2.80. The number of methoxy groups -OCH3 is 2. The molecule has 3 atom stereocenters. The minimum atomic E-state index is -1.19. The van der Waals surface area contributed by atoms with Gasteiger partial charge in [-0.15, -0.1) is 0 Å². The number of hydrogen-bond acceptors (Lipinski definition) is 8. The normalized spacial score (nSPS) is 20.4. The molecule has 2 fully saturated rings. The largest absolute Gasteiger partial charge is 0.493 e. The average Bonchev–Trinajstić information content (AvgIpc) is 3.47. The number of ether oxygens (including phenoxy) is 2. The van der Waals surface area contributed by atoms with Crippen molar-refractivity contribution >= 4 is 39.6 Å².